The first-order valence-corrected chi connectivity index (χ1v) is 4.90. The van der Waals surface area contributed by atoms with Gasteiger partial charge in [0.15, 0.2) is 0 Å². The Morgan fingerprint density at radius 3 is 3.00 bits per heavy atom. The number of hydrogen-bond donors (Lipinski definition) is 0. The average molecular weight is 231 g/mol. The molecule has 0 bridgehead atoms. The highest BCUT2D eigenvalue weighted by Gasteiger charge is 2.07. The summed E-state index contributed by atoms with van der Waals surface area (Å²) in [6.45, 7) is 3.45. The third kappa shape index (κ3) is 1.71. The molecule has 1 aromatic heterocycles. The van der Waals surface area contributed by atoms with E-state index in [-0.39, 0.29) is 0 Å². The molecule has 78 valence electrons. The molecule has 0 aliphatic heterocycles. The molecule has 0 atom stereocenters. The van der Waals surface area contributed by atoms with E-state index in [1.807, 2.05) is 0 Å². The second kappa shape index (κ2) is 4.21. The maximum Gasteiger partial charge on any atom is 0.144 e. The van der Waals surface area contributed by atoms with Crippen LogP contribution < -0.4 is 4.74 Å². The van der Waals surface area contributed by atoms with E-state index >= 15 is 0 Å². The molecule has 0 N–H and O–H groups in total. The summed E-state index contributed by atoms with van der Waals surface area (Å²) in [4.78, 5) is 3.97. The fraction of sp³-hybridized carbons (Fsp3) is 0. The summed E-state index contributed by atoms with van der Waals surface area (Å²) in [5.74, 6) is 0.430. The Morgan fingerprint density at radius 2 is 2.31 bits per heavy atom. The first-order valence-electron chi connectivity index (χ1n) is 4.52. The van der Waals surface area contributed by atoms with E-state index in [1.165, 1.54) is 6.26 Å². The van der Waals surface area contributed by atoms with Gasteiger partial charge in [-0.1, -0.05) is 18.2 Å². The Morgan fingerprint density at radius 1 is 1.50 bits per heavy atom. The molecule has 2 rings (SSSR count). The van der Waals surface area contributed by atoms with Crippen LogP contribution in [0.5, 0.6) is 5.75 Å². The van der Waals surface area contributed by atoms with Crippen molar-refractivity contribution in [2.24, 2.45) is 0 Å². The molecule has 0 saturated heterocycles. The van der Waals surface area contributed by atoms with Gasteiger partial charge >= 0.3 is 0 Å². The van der Waals surface area contributed by atoms with E-state index in [2.05, 4.69) is 17.6 Å². The van der Waals surface area contributed by atoms with Crippen molar-refractivity contribution >= 4 is 22.4 Å². The van der Waals surface area contributed by atoms with Crippen molar-refractivity contribution in [3.05, 3.63) is 48.0 Å². The summed E-state index contributed by atoms with van der Waals surface area (Å²) in [7, 11) is 0. The maximum absolute atomic E-state index is 8.96. The van der Waals surface area contributed by atoms with Gasteiger partial charge in [0, 0.05) is 11.6 Å². The first kappa shape index (κ1) is 10.5. The van der Waals surface area contributed by atoms with Crippen LogP contribution >= 0.6 is 11.6 Å². The summed E-state index contributed by atoms with van der Waals surface area (Å²) in [5.41, 5.74) is 0.440. The number of halogens is 1. The van der Waals surface area contributed by atoms with Crippen LogP contribution in [0.4, 0.5) is 0 Å². The molecule has 0 amide bonds. The average Bonchev–Trinajstić information content (AvgIpc) is 2.30. The maximum atomic E-state index is 8.96. The van der Waals surface area contributed by atoms with Crippen LogP contribution in [-0.2, 0) is 0 Å². The fourth-order valence-corrected chi connectivity index (χ4v) is 1.66. The molecular formula is C12H7ClN2O. The lowest BCUT2D eigenvalue weighted by Crippen LogP contribution is -1.88. The van der Waals surface area contributed by atoms with Crippen molar-refractivity contribution in [1.82, 2.24) is 4.98 Å². The smallest absolute Gasteiger partial charge is 0.144 e. The lowest BCUT2D eigenvalue weighted by atomic mass is 10.1. The number of nitriles is 1. The zero-order chi connectivity index (χ0) is 11.5. The summed E-state index contributed by atoms with van der Waals surface area (Å²) in [6, 6.07) is 7.24. The second-order valence-electron chi connectivity index (χ2n) is 3.07. The Balaban J connectivity index is 2.76. The van der Waals surface area contributed by atoms with Gasteiger partial charge in [0.2, 0.25) is 0 Å². The van der Waals surface area contributed by atoms with Gasteiger partial charge in [-0.2, -0.15) is 5.26 Å². The number of fused-ring (bicyclic) bond motifs is 1. The number of pyridine rings is 1. The SMILES string of the molecule is C=COc1cc2c(Cl)nccc2cc1C#N. The van der Waals surface area contributed by atoms with Crippen molar-refractivity contribution in [2.45, 2.75) is 0 Å². The number of ether oxygens (including phenoxy) is 1. The van der Waals surface area contributed by atoms with Gasteiger partial charge in [-0.15, -0.1) is 0 Å². The Kier molecular flexibility index (Phi) is 2.76. The largest absolute Gasteiger partial charge is 0.464 e. The lowest BCUT2D eigenvalue weighted by Gasteiger charge is -2.05. The Hall–Kier alpha value is -2.05. The molecule has 0 spiro atoms. The van der Waals surface area contributed by atoms with E-state index in [0.29, 0.717) is 16.5 Å². The van der Waals surface area contributed by atoms with E-state index in [0.717, 1.165) is 10.8 Å². The minimum Gasteiger partial charge on any atom is -0.464 e. The van der Waals surface area contributed by atoms with Crippen molar-refractivity contribution in [3.63, 3.8) is 0 Å². The number of benzene rings is 1. The fourth-order valence-electron chi connectivity index (χ4n) is 1.44. The highest BCUT2D eigenvalue weighted by atomic mass is 35.5. The quantitative estimate of drug-likeness (QED) is 0.588. The van der Waals surface area contributed by atoms with E-state index < -0.39 is 0 Å². The minimum atomic E-state index is 0.385. The number of rotatable bonds is 2. The highest BCUT2D eigenvalue weighted by Crippen LogP contribution is 2.29. The van der Waals surface area contributed by atoms with Crippen LogP contribution in [0, 0.1) is 11.3 Å². The van der Waals surface area contributed by atoms with E-state index in [9.17, 15) is 0 Å². The molecule has 1 heterocycles. The molecule has 16 heavy (non-hydrogen) atoms. The van der Waals surface area contributed by atoms with Crippen molar-refractivity contribution < 1.29 is 4.74 Å². The summed E-state index contributed by atoms with van der Waals surface area (Å²) >= 11 is 5.95. The molecule has 0 fully saturated rings. The molecule has 0 radical (unpaired) electrons. The van der Waals surface area contributed by atoms with Crippen molar-refractivity contribution in [3.8, 4) is 11.8 Å². The second-order valence-corrected chi connectivity index (χ2v) is 3.43. The van der Waals surface area contributed by atoms with Gasteiger partial charge in [-0.25, -0.2) is 4.98 Å². The highest BCUT2D eigenvalue weighted by molar-refractivity contribution is 6.34. The molecule has 3 nitrogen and oxygen atoms in total. The molecule has 0 saturated carbocycles. The van der Waals surface area contributed by atoms with Gasteiger partial charge < -0.3 is 4.74 Å². The normalized spacial score (nSPS) is 9.75. The lowest BCUT2D eigenvalue weighted by molar-refractivity contribution is 0.482. The van der Waals surface area contributed by atoms with Crippen LogP contribution in [0.15, 0.2) is 37.2 Å². The van der Waals surface area contributed by atoms with Crippen LogP contribution in [0.3, 0.4) is 0 Å². The Labute approximate surface area is 97.5 Å². The number of nitrogens with zero attached hydrogens (tertiary/aromatic N) is 2. The molecule has 0 unspecified atom stereocenters. The van der Waals surface area contributed by atoms with Crippen molar-refractivity contribution in [1.29, 1.82) is 5.26 Å². The monoisotopic (exact) mass is 230 g/mol. The zero-order valence-electron chi connectivity index (χ0n) is 8.27. The van der Waals surface area contributed by atoms with E-state index in [1.54, 1.807) is 24.4 Å². The summed E-state index contributed by atoms with van der Waals surface area (Å²) in [6.07, 6.45) is 2.87. The van der Waals surface area contributed by atoms with Gasteiger partial charge in [-0.05, 0) is 23.6 Å². The molecule has 1 aromatic carbocycles. The standard InChI is InChI=1S/C12H7ClN2O/c1-2-16-11-6-10-8(5-9(11)7-14)3-4-15-12(10)13/h2-6H,1H2. The third-order valence-corrected chi connectivity index (χ3v) is 2.45. The predicted octanol–water partition coefficient (Wildman–Crippen LogP) is 3.28. The van der Waals surface area contributed by atoms with Gasteiger partial charge in [-0.3, -0.25) is 0 Å². The van der Waals surface area contributed by atoms with Crippen LogP contribution in [-0.4, -0.2) is 4.98 Å². The summed E-state index contributed by atoms with van der Waals surface area (Å²) in [5, 5.41) is 11.0. The number of hydrogen-bond acceptors (Lipinski definition) is 3. The van der Waals surface area contributed by atoms with Crippen molar-refractivity contribution in [2.75, 3.05) is 0 Å². The van der Waals surface area contributed by atoms with E-state index in [4.69, 9.17) is 21.6 Å². The molecule has 4 heteroatoms. The van der Waals surface area contributed by atoms with Gasteiger partial charge in [0.05, 0.1) is 11.8 Å². The molecule has 0 aliphatic rings. The third-order valence-electron chi connectivity index (χ3n) is 2.15. The van der Waals surface area contributed by atoms with Crippen LogP contribution in [0.2, 0.25) is 5.15 Å². The topological polar surface area (TPSA) is 45.9 Å². The van der Waals surface area contributed by atoms with Crippen LogP contribution in [0.25, 0.3) is 10.8 Å². The molecule has 2 aromatic rings. The molecule has 0 aliphatic carbocycles. The zero-order valence-corrected chi connectivity index (χ0v) is 9.03. The molecular weight excluding hydrogens is 224 g/mol. The van der Waals surface area contributed by atoms with Crippen LogP contribution in [0.1, 0.15) is 5.56 Å². The van der Waals surface area contributed by atoms with Gasteiger partial charge in [0.25, 0.3) is 0 Å². The minimum absolute atomic E-state index is 0.385. The number of aromatic nitrogens is 1. The van der Waals surface area contributed by atoms with Gasteiger partial charge in [0.1, 0.15) is 17.0 Å². The summed E-state index contributed by atoms with van der Waals surface area (Å²) < 4.78 is 5.15. The Bertz CT molecular complexity index is 602. The first-order chi connectivity index (χ1) is 7.76. The predicted molar refractivity (Wildman–Crippen MR) is 62.3 cm³/mol.